The molecule has 1 amide bonds. The van der Waals surface area contributed by atoms with E-state index in [9.17, 15) is 22.4 Å². The molecule has 4 aromatic rings. The third-order valence-corrected chi connectivity index (χ3v) is 4.64. The first-order valence-electron chi connectivity index (χ1n) is 8.58. The van der Waals surface area contributed by atoms with Crippen LogP contribution in [-0.4, -0.2) is 16.8 Å². The van der Waals surface area contributed by atoms with Gasteiger partial charge in [-0.2, -0.15) is 0 Å². The van der Waals surface area contributed by atoms with Crippen molar-refractivity contribution in [3.63, 3.8) is 0 Å². The Hall–Kier alpha value is -3.55. The molecule has 4 rings (SSSR count). The number of hydrogen-bond acceptors (Lipinski definition) is 2. The zero-order valence-corrected chi connectivity index (χ0v) is 14.8. The molecule has 1 heterocycles. The zero-order valence-electron chi connectivity index (χ0n) is 14.8. The first-order chi connectivity index (χ1) is 13.7. The van der Waals surface area contributed by atoms with Crippen LogP contribution in [-0.2, 0) is 6.54 Å². The van der Waals surface area contributed by atoms with E-state index in [1.807, 2.05) is 0 Å². The number of primary amides is 1. The molecule has 0 bridgehead atoms. The summed E-state index contributed by atoms with van der Waals surface area (Å²) in [4.78, 5) is 11.9. The zero-order chi connectivity index (χ0) is 20.8. The van der Waals surface area contributed by atoms with E-state index in [0.717, 1.165) is 0 Å². The highest BCUT2D eigenvalue weighted by Gasteiger charge is 2.32. The molecule has 0 aliphatic heterocycles. The molecule has 0 unspecified atom stereocenters. The van der Waals surface area contributed by atoms with Gasteiger partial charge in [-0.25, -0.2) is 4.39 Å². The van der Waals surface area contributed by atoms with E-state index in [1.54, 1.807) is 22.8 Å². The number of nitrogens with zero attached hydrogens (tertiary/aromatic N) is 1. The number of aromatic nitrogens is 1. The first-order valence-corrected chi connectivity index (χ1v) is 8.58. The molecule has 0 radical (unpaired) electrons. The monoisotopic (exact) mass is 402 g/mol. The van der Waals surface area contributed by atoms with Crippen molar-refractivity contribution in [3.05, 3.63) is 77.6 Å². The fourth-order valence-corrected chi connectivity index (χ4v) is 3.53. The minimum Gasteiger partial charge on any atom is -0.405 e. The van der Waals surface area contributed by atoms with Crippen LogP contribution in [0.2, 0.25) is 0 Å². The highest BCUT2D eigenvalue weighted by Crippen LogP contribution is 2.34. The molecule has 0 aliphatic carbocycles. The summed E-state index contributed by atoms with van der Waals surface area (Å²) in [7, 11) is 0. The molecule has 1 aromatic heterocycles. The van der Waals surface area contributed by atoms with Crippen LogP contribution < -0.4 is 10.5 Å². The topological polar surface area (TPSA) is 57.2 Å². The molecule has 0 spiro atoms. The van der Waals surface area contributed by atoms with Gasteiger partial charge in [-0.15, -0.1) is 13.2 Å². The second-order valence-electron chi connectivity index (χ2n) is 6.47. The quantitative estimate of drug-likeness (QED) is 0.490. The molecule has 0 fully saturated rings. The smallest absolute Gasteiger partial charge is 0.405 e. The molecule has 0 atom stereocenters. The Morgan fingerprint density at radius 1 is 1.00 bits per heavy atom. The van der Waals surface area contributed by atoms with Crippen molar-refractivity contribution in [3.8, 4) is 5.75 Å². The van der Waals surface area contributed by atoms with E-state index in [-0.39, 0.29) is 23.4 Å². The van der Waals surface area contributed by atoms with Crippen LogP contribution in [0.1, 0.15) is 15.9 Å². The highest BCUT2D eigenvalue weighted by atomic mass is 19.4. The molecule has 3 aromatic carbocycles. The van der Waals surface area contributed by atoms with Gasteiger partial charge >= 0.3 is 6.36 Å². The number of carbonyl (C=O) groups excluding carboxylic acids is 1. The van der Waals surface area contributed by atoms with Crippen molar-refractivity contribution in [2.75, 3.05) is 0 Å². The van der Waals surface area contributed by atoms with Crippen molar-refractivity contribution in [1.82, 2.24) is 4.57 Å². The first kappa shape index (κ1) is 18.8. The average Bonchev–Trinajstić information content (AvgIpc) is 2.95. The van der Waals surface area contributed by atoms with Gasteiger partial charge in [0.1, 0.15) is 11.6 Å². The van der Waals surface area contributed by atoms with Gasteiger partial charge in [0, 0.05) is 27.4 Å². The molecule has 2 N–H and O–H groups in total. The van der Waals surface area contributed by atoms with Gasteiger partial charge in [0.15, 0.2) is 0 Å². The number of hydrogen-bond donors (Lipinski definition) is 1. The maximum atomic E-state index is 13.9. The fourth-order valence-electron chi connectivity index (χ4n) is 3.53. The third-order valence-electron chi connectivity index (χ3n) is 4.64. The maximum absolute atomic E-state index is 13.9. The number of ether oxygens (including phenoxy) is 1. The Morgan fingerprint density at radius 3 is 2.48 bits per heavy atom. The minimum atomic E-state index is -4.83. The third kappa shape index (κ3) is 3.49. The largest absolute Gasteiger partial charge is 0.573 e. The van der Waals surface area contributed by atoms with Crippen LogP contribution in [0.25, 0.3) is 21.8 Å². The predicted molar refractivity (Wildman–Crippen MR) is 100 cm³/mol. The summed E-state index contributed by atoms with van der Waals surface area (Å²) in [6.45, 7) is 0.0140. The lowest BCUT2D eigenvalue weighted by Gasteiger charge is -2.15. The average molecular weight is 402 g/mol. The van der Waals surface area contributed by atoms with Crippen LogP contribution >= 0.6 is 0 Å². The van der Waals surface area contributed by atoms with Gasteiger partial charge < -0.3 is 15.0 Å². The molecule has 8 heteroatoms. The second-order valence-corrected chi connectivity index (χ2v) is 6.47. The minimum absolute atomic E-state index is 0.0140. The van der Waals surface area contributed by atoms with Crippen molar-refractivity contribution in [2.24, 2.45) is 5.73 Å². The Bertz CT molecular complexity index is 1240. The SMILES string of the molecule is NC(=O)c1cccc2c1c1cc(F)ccc1n2Cc1ccccc1OC(F)(F)F. The number of nitrogens with two attached hydrogens (primary N) is 1. The molecule has 0 aliphatic rings. The van der Waals surface area contributed by atoms with Gasteiger partial charge in [-0.3, -0.25) is 4.79 Å². The molecule has 4 nitrogen and oxygen atoms in total. The summed E-state index contributed by atoms with van der Waals surface area (Å²) in [5, 5.41) is 0.896. The van der Waals surface area contributed by atoms with Gasteiger partial charge in [0.2, 0.25) is 5.91 Å². The van der Waals surface area contributed by atoms with Crippen LogP contribution in [0.5, 0.6) is 5.75 Å². The number of para-hydroxylation sites is 1. The van der Waals surface area contributed by atoms with Crippen molar-refractivity contribution in [1.29, 1.82) is 0 Å². The van der Waals surface area contributed by atoms with Crippen LogP contribution in [0, 0.1) is 5.82 Å². The maximum Gasteiger partial charge on any atom is 0.573 e. The van der Waals surface area contributed by atoms with E-state index in [4.69, 9.17) is 5.73 Å². The van der Waals surface area contributed by atoms with Crippen LogP contribution in [0.15, 0.2) is 60.7 Å². The normalized spacial score (nSPS) is 11.9. The number of carbonyl (C=O) groups is 1. The number of fused-ring (bicyclic) bond motifs is 3. The van der Waals surface area contributed by atoms with Crippen molar-refractivity contribution >= 4 is 27.7 Å². The van der Waals surface area contributed by atoms with Crippen molar-refractivity contribution in [2.45, 2.75) is 12.9 Å². The second kappa shape index (κ2) is 6.80. The summed E-state index contributed by atoms with van der Waals surface area (Å²) >= 11 is 0. The van der Waals surface area contributed by atoms with Gasteiger partial charge in [0.05, 0.1) is 12.1 Å². The molecule has 0 saturated carbocycles. The van der Waals surface area contributed by atoms with Crippen LogP contribution in [0.4, 0.5) is 17.6 Å². The van der Waals surface area contributed by atoms with E-state index >= 15 is 0 Å². The molecular weight excluding hydrogens is 388 g/mol. The number of amides is 1. The summed E-state index contributed by atoms with van der Waals surface area (Å²) in [6.07, 6.45) is -4.83. The molecule has 0 saturated heterocycles. The molecule has 29 heavy (non-hydrogen) atoms. The lowest BCUT2D eigenvalue weighted by Crippen LogP contribution is -2.18. The number of rotatable bonds is 4. The standard InChI is InChI=1S/C21H14F4N2O2/c22-13-8-9-16-15(10-13)19-14(20(26)28)5-3-6-17(19)27(16)11-12-4-1-2-7-18(12)29-21(23,24)25/h1-10H,11H2,(H2,26,28). The Balaban J connectivity index is 1.96. The summed E-state index contributed by atoms with van der Waals surface area (Å²) < 4.78 is 58.1. The van der Waals surface area contributed by atoms with Gasteiger partial charge in [-0.05, 0) is 36.4 Å². The lowest BCUT2D eigenvalue weighted by molar-refractivity contribution is -0.274. The molecule has 148 valence electrons. The summed E-state index contributed by atoms with van der Waals surface area (Å²) in [5.41, 5.74) is 7.06. The summed E-state index contributed by atoms with van der Waals surface area (Å²) in [5.74, 6) is -1.51. The van der Waals surface area contributed by atoms with E-state index < -0.39 is 18.1 Å². The number of alkyl halides is 3. The molecular formula is C21H14F4N2O2. The fraction of sp³-hybridized carbons (Fsp3) is 0.0952. The van der Waals surface area contributed by atoms with E-state index in [2.05, 4.69) is 4.74 Å². The van der Waals surface area contributed by atoms with Gasteiger partial charge in [-0.1, -0.05) is 24.3 Å². The van der Waals surface area contributed by atoms with Crippen LogP contribution in [0.3, 0.4) is 0 Å². The highest BCUT2D eigenvalue weighted by molar-refractivity contribution is 6.17. The lowest BCUT2D eigenvalue weighted by atomic mass is 10.1. The summed E-state index contributed by atoms with van der Waals surface area (Å²) in [6, 6.07) is 14.7. The van der Waals surface area contributed by atoms with Crippen molar-refractivity contribution < 1.29 is 27.1 Å². The Kier molecular flexibility index (Phi) is 4.41. The number of halogens is 4. The van der Waals surface area contributed by atoms with E-state index in [1.165, 1.54) is 42.5 Å². The number of benzene rings is 3. The van der Waals surface area contributed by atoms with E-state index in [0.29, 0.717) is 21.8 Å². The van der Waals surface area contributed by atoms with Gasteiger partial charge in [0.25, 0.3) is 0 Å². The Morgan fingerprint density at radius 2 is 1.76 bits per heavy atom. The predicted octanol–water partition coefficient (Wildman–Crippen LogP) is 4.98. The Labute approximate surface area is 162 Å².